The number of nitrogens with zero attached hydrogens (tertiary/aromatic N) is 1. The highest BCUT2D eigenvalue weighted by molar-refractivity contribution is 6.11. The second-order valence-electron chi connectivity index (χ2n) is 6.70. The van der Waals surface area contributed by atoms with Crippen molar-refractivity contribution in [1.82, 2.24) is 4.57 Å². The minimum atomic E-state index is -4.99. The van der Waals surface area contributed by atoms with Gasteiger partial charge in [-0.1, -0.05) is 18.2 Å². The number of methoxy groups -OCH3 is 1. The van der Waals surface area contributed by atoms with Crippen LogP contribution in [0.3, 0.4) is 0 Å². The Kier molecular flexibility index (Phi) is 5.37. The van der Waals surface area contributed by atoms with E-state index in [1.807, 2.05) is 13.8 Å². The zero-order valence-electron chi connectivity index (χ0n) is 16.1. The number of Topliss-reactive ketones (excluding diaryl/α,β-unsaturated/α-hetero) is 1. The van der Waals surface area contributed by atoms with Crippen molar-refractivity contribution < 1.29 is 27.5 Å². The summed E-state index contributed by atoms with van der Waals surface area (Å²) in [7, 11) is 1.55. The Hall–Kier alpha value is -3.29. The summed E-state index contributed by atoms with van der Waals surface area (Å²) in [6.45, 7) is 3.40. The smallest absolute Gasteiger partial charge is 0.454 e. The summed E-state index contributed by atoms with van der Waals surface area (Å²) in [6.07, 6.45) is -3.92. The molecule has 3 aromatic rings. The van der Waals surface area contributed by atoms with Gasteiger partial charge in [0.15, 0.2) is 0 Å². The first-order chi connectivity index (χ1) is 13.6. The number of anilines is 1. The average Bonchev–Trinajstić information content (AvgIpc) is 3.01. The lowest BCUT2D eigenvalue weighted by atomic mass is 10.1. The molecular formula is C21H19F3N2O3. The maximum Gasteiger partial charge on any atom is 0.454 e. The Morgan fingerprint density at radius 2 is 1.79 bits per heavy atom. The monoisotopic (exact) mass is 404 g/mol. The number of fused-ring (bicyclic) bond motifs is 1. The molecule has 0 bridgehead atoms. The molecule has 0 aliphatic rings. The van der Waals surface area contributed by atoms with Gasteiger partial charge in [0.2, 0.25) is 5.91 Å². The largest absolute Gasteiger partial charge is 0.496 e. The second kappa shape index (κ2) is 7.62. The van der Waals surface area contributed by atoms with Crippen LogP contribution in [0.1, 0.15) is 21.5 Å². The van der Waals surface area contributed by atoms with Crippen LogP contribution in [0.2, 0.25) is 0 Å². The SMILES string of the molecule is COc1cc(C)c(NC(=O)Cn2cc(C(=O)C(F)(F)F)c3ccccc32)cc1C. The topological polar surface area (TPSA) is 60.3 Å². The van der Waals surface area contributed by atoms with Crippen LogP contribution in [-0.4, -0.2) is 29.5 Å². The molecular weight excluding hydrogens is 385 g/mol. The predicted molar refractivity (Wildman–Crippen MR) is 103 cm³/mol. The first-order valence-electron chi connectivity index (χ1n) is 8.76. The van der Waals surface area contributed by atoms with Gasteiger partial charge >= 0.3 is 6.18 Å². The molecule has 0 unspecified atom stereocenters. The van der Waals surface area contributed by atoms with Crippen molar-refractivity contribution in [2.24, 2.45) is 0 Å². The van der Waals surface area contributed by atoms with E-state index in [0.717, 1.165) is 17.3 Å². The zero-order valence-corrected chi connectivity index (χ0v) is 16.1. The molecule has 0 radical (unpaired) electrons. The zero-order chi connectivity index (χ0) is 21.3. The fourth-order valence-electron chi connectivity index (χ4n) is 3.20. The van der Waals surface area contributed by atoms with Crippen molar-refractivity contribution in [1.29, 1.82) is 0 Å². The van der Waals surface area contributed by atoms with Gasteiger partial charge in [-0.15, -0.1) is 0 Å². The number of ether oxygens (including phenoxy) is 1. The Balaban J connectivity index is 1.90. The summed E-state index contributed by atoms with van der Waals surface area (Å²) in [6, 6.07) is 9.73. The van der Waals surface area contributed by atoms with E-state index in [2.05, 4.69) is 5.32 Å². The number of nitrogens with one attached hydrogen (secondary N) is 1. The van der Waals surface area contributed by atoms with Crippen LogP contribution in [0.4, 0.5) is 18.9 Å². The van der Waals surface area contributed by atoms with E-state index in [1.54, 1.807) is 37.4 Å². The molecule has 3 rings (SSSR count). The van der Waals surface area contributed by atoms with E-state index in [4.69, 9.17) is 4.74 Å². The molecule has 1 heterocycles. The van der Waals surface area contributed by atoms with Crippen LogP contribution < -0.4 is 10.1 Å². The highest BCUT2D eigenvalue weighted by Gasteiger charge is 2.40. The number of aryl methyl sites for hydroxylation is 2. The summed E-state index contributed by atoms with van der Waals surface area (Å²) in [5.41, 5.74) is 2.09. The molecule has 2 aromatic carbocycles. The second-order valence-corrected chi connectivity index (χ2v) is 6.70. The number of hydrogen-bond acceptors (Lipinski definition) is 3. The van der Waals surface area contributed by atoms with Crippen LogP contribution in [0.25, 0.3) is 10.9 Å². The molecule has 8 heteroatoms. The van der Waals surface area contributed by atoms with Gasteiger partial charge in [-0.05, 0) is 43.2 Å². The maximum absolute atomic E-state index is 12.9. The van der Waals surface area contributed by atoms with E-state index < -0.39 is 23.4 Å². The average molecular weight is 404 g/mol. The molecule has 0 fully saturated rings. The number of carbonyl (C=O) groups is 2. The van der Waals surface area contributed by atoms with Crippen LogP contribution in [0, 0.1) is 13.8 Å². The quantitative estimate of drug-likeness (QED) is 0.630. The third-order valence-corrected chi connectivity index (χ3v) is 4.62. The number of ketones is 1. The summed E-state index contributed by atoms with van der Waals surface area (Å²) in [4.78, 5) is 24.3. The van der Waals surface area contributed by atoms with Gasteiger partial charge < -0.3 is 14.6 Å². The predicted octanol–water partition coefficient (Wildman–Crippen LogP) is 4.65. The molecule has 1 N–H and O–H groups in total. The van der Waals surface area contributed by atoms with Gasteiger partial charge in [-0.2, -0.15) is 13.2 Å². The number of halogens is 3. The van der Waals surface area contributed by atoms with E-state index in [-0.39, 0.29) is 11.9 Å². The van der Waals surface area contributed by atoms with Crippen LogP contribution in [0.5, 0.6) is 5.75 Å². The molecule has 0 saturated heterocycles. The number of para-hydroxylation sites is 1. The molecule has 0 aliphatic heterocycles. The van der Waals surface area contributed by atoms with E-state index in [0.29, 0.717) is 17.0 Å². The summed E-state index contributed by atoms with van der Waals surface area (Å²) >= 11 is 0. The van der Waals surface area contributed by atoms with Gasteiger partial charge in [0, 0.05) is 22.8 Å². The minimum Gasteiger partial charge on any atom is -0.496 e. The number of carbonyl (C=O) groups excluding carboxylic acids is 2. The molecule has 29 heavy (non-hydrogen) atoms. The van der Waals surface area contributed by atoms with Crippen LogP contribution >= 0.6 is 0 Å². The van der Waals surface area contributed by atoms with Crippen LogP contribution in [0.15, 0.2) is 42.6 Å². The Bertz CT molecular complexity index is 1100. The van der Waals surface area contributed by atoms with Gasteiger partial charge in [0.1, 0.15) is 12.3 Å². The summed E-state index contributed by atoms with van der Waals surface area (Å²) in [5.74, 6) is -1.67. The Morgan fingerprint density at radius 1 is 1.10 bits per heavy atom. The number of aromatic nitrogens is 1. The lowest BCUT2D eigenvalue weighted by Gasteiger charge is -2.13. The highest BCUT2D eigenvalue weighted by Crippen LogP contribution is 2.29. The molecule has 1 amide bonds. The summed E-state index contributed by atoms with van der Waals surface area (Å²) in [5, 5.41) is 2.91. The molecule has 0 atom stereocenters. The van der Waals surface area contributed by atoms with Crippen molar-refractivity contribution in [3.63, 3.8) is 0 Å². The van der Waals surface area contributed by atoms with Crippen LogP contribution in [-0.2, 0) is 11.3 Å². The third-order valence-electron chi connectivity index (χ3n) is 4.62. The van der Waals surface area contributed by atoms with E-state index in [9.17, 15) is 22.8 Å². The number of alkyl halides is 3. The molecule has 0 saturated carbocycles. The fourth-order valence-corrected chi connectivity index (χ4v) is 3.20. The van der Waals surface area contributed by atoms with Crippen molar-refractivity contribution in [3.05, 3.63) is 59.3 Å². The third kappa shape index (κ3) is 4.11. The van der Waals surface area contributed by atoms with Gasteiger partial charge in [-0.3, -0.25) is 9.59 Å². The highest BCUT2D eigenvalue weighted by atomic mass is 19.4. The van der Waals surface area contributed by atoms with Crippen molar-refractivity contribution >= 4 is 28.3 Å². The molecule has 1 aromatic heterocycles. The standard InChI is InChI=1S/C21H19F3N2O3/c1-12-9-18(29-3)13(2)8-16(12)25-19(27)11-26-10-15(20(28)21(22,23)24)14-6-4-5-7-17(14)26/h4-10H,11H2,1-3H3,(H,25,27). The lowest BCUT2D eigenvalue weighted by molar-refractivity contribution is -0.116. The first kappa shape index (κ1) is 20.4. The Morgan fingerprint density at radius 3 is 2.45 bits per heavy atom. The minimum absolute atomic E-state index is 0.152. The summed E-state index contributed by atoms with van der Waals surface area (Å²) < 4.78 is 45.3. The molecule has 5 nitrogen and oxygen atoms in total. The van der Waals surface area contributed by atoms with Crippen molar-refractivity contribution in [3.8, 4) is 5.75 Å². The van der Waals surface area contributed by atoms with Crippen molar-refractivity contribution in [2.45, 2.75) is 26.6 Å². The van der Waals surface area contributed by atoms with E-state index in [1.165, 1.54) is 10.6 Å². The molecule has 152 valence electrons. The molecule has 0 spiro atoms. The van der Waals surface area contributed by atoms with Gasteiger partial charge in [0.05, 0.1) is 12.7 Å². The number of amides is 1. The van der Waals surface area contributed by atoms with Gasteiger partial charge in [-0.25, -0.2) is 0 Å². The fraction of sp³-hybridized carbons (Fsp3) is 0.238. The Labute approximate surface area is 165 Å². The number of hydrogen-bond donors (Lipinski definition) is 1. The van der Waals surface area contributed by atoms with Crippen molar-refractivity contribution in [2.75, 3.05) is 12.4 Å². The number of benzene rings is 2. The maximum atomic E-state index is 12.9. The van der Waals surface area contributed by atoms with E-state index >= 15 is 0 Å². The van der Waals surface area contributed by atoms with Gasteiger partial charge in [0.25, 0.3) is 5.78 Å². The first-order valence-corrected chi connectivity index (χ1v) is 8.76. The lowest BCUT2D eigenvalue weighted by Crippen LogP contribution is -2.22. The normalized spacial score (nSPS) is 11.5. The number of rotatable bonds is 5. The molecule has 0 aliphatic carbocycles.